The van der Waals surface area contributed by atoms with E-state index in [9.17, 15) is 9.59 Å². The van der Waals surface area contributed by atoms with E-state index < -0.39 is 6.09 Å². The Morgan fingerprint density at radius 3 is 2.27 bits per heavy atom. The van der Waals surface area contributed by atoms with Crippen molar-refractivity contribution in [3.63, 3.8) is 0 Å². The number of hydrogen-bond acceptors (Lipinski definition) is 2. The van der Waals surface area contributed by atoms with Crippen LogP contribution in [0, 0.1) is 5.41 Å². The topological polar surface area (TPSA) is 57.6 Å². The quantitative estimate of drug-likeness (QED) is 0.666. The van der Waals surface area contributed by atoms with Crippen molar-refractivity contribution < 1.29 is 14.7 Å². The Bertz CT molecular complexity index is 336. The van der Waals surface area contributed by atoms with E-state index in [2.05, 4.69) is 0 Å². The van der Waals surface area contributed by atoms with Crippen LogP contribution < -0.4 is 0 Å². The molecule has 0 aromatic rings. The summed E-state index contributed by atoms with van der Waals surface area (Å²) in [6, 6.07) is 0. The molecular weight excluding hydrogens is 194 g/mol. The fraction of sp³-hybridized carbons (Fsp3) is 0.636. The van der Waals surface area contributed by atoms with Gasteiger partial charge in [0.15, 0.2) is 5.78 Å². The second kappa shape index (κ2) is 3.68. The van der Waals surface area contributed by atoms with E-state index in [0.29, 0.717) is 6.54 Å². The molecule has 1 N–H and O–H groups in total. The van der Waals surface area contributed by atoms with Gasteiger partial charge in [0.2, 0.25) is 0 Å². The first-order valence-electron chi connectivity index (χ1n) is 4.95. The SMILES string of the molecule is CC1=C(C(C)(C)C)CN(C(=O)O)CC1=O. The molecule has 0 spiro atoms. The van der Waals surface area contributed by atoms with Gasteiger partial charge in [0, 0.05) is 6.54 Å². The molecule has 0 unspecified atom stereocenters. The number of rotatable bonds is 0. The standard InChI is InChI=1S/C11H17NO3/c1-7-8(11(2,3)4)5-12(10(14)15)6-9(7)13/h5-6H2,1-4H3,(H,14,15). The second-order valence-corrected chi connectivity index (χ2v) is 4.92. The fourth-order valence-corrected chi connectivity index (χ4v) is 1.76. The molecule has 1 amide bonds. The lowest BCUT2D eigenvalue weighted by Crippen LogP contribution is -2.43. The van der Waals surface area contributed by atoms with E-state index in [-0.39, 0.29) is 17.7 Å². The molecule has 1 aliphatic rings. The molecule has 0 saturated carbocycles. The highest BCUT2D eigenvalue weighted by atomic mass is 16.4. The number of hydrogen-bond donors (Lipinski definition) is 1. The second-order valence-electron chi connectivity index (χ2n) is 4.92. The van der Waals surface area contributed by atoms with Crippen LogP contribution in [0.3, 0.4) is 0 Å². The molecular formula is C11H17NO3. The van der Waals surface area contributed by atoms with Gasteiger partial charge >= 0.3 is 6.09 Å². The summed E-state index contributed by atoms with van der Waals surface area (Å²) in [6.07, 6.45) is -1.03. The minimum atomic E-state index is -1.03. The Balaban J connectivity index is 3.07. The zero-order valence-electron chi connectivity index (χ0n) is 9.63. The van der Waals surface area contributed by atoms with Gasteiger partial charge in [-0.15, -0.1) is 0 Å². The van der Waals surface area contributed by atoms with Crippen molar-refractivity contribution in [2.24, 2.45) is 5.41 Å². The van der Waals surface area contributed by atoms with E-state index in [4.69, 9.17) is 5.11 Å². The Labute approximate surface area is 89.6 Å². The van der Waals surface area contributed by atoms with Gasteiger partial charge in [-0.25, -0.2) is 4.79 Å². The van der Waals surface area contributed by atoms with Crippen molar-refractivity contribution in [3.05, 3.63) is 11.1 Å². The molecule has 0 aliphatic carbocycles. The van der Waals surface area contributed by atoms with E-state index in [1.807, 2.05) is 20.8 Å². The number of ketones is 1. The Morgan fingerprint density at radius 1 is 1.33 bits per heavy atom. The molecule has 15 heavy (non-hydrogen) atoms. The van der Waals surface area contributed by atoms with Crippen molar-refractivity contribution in [3.8, 4) is 0 Å². The third-order valence-corrected chi connectivity index (χ3v) is 2.73. The van der Waals surface area contributed by atoms with E-state index in [0.717, 1.165) is 16.0 Å². The van der Waals surface area contributed by atoms with Gasteiger partial charge in [-0.1, -0.05) is 20.8 Å². The van der Waals surface area contributed by atoms with Crippen LogP contribution in [-0.4, -0.2) is 35.0 Å². The summed E-state index contributed by atoms with van der Waals surface area (Å²) in [4.78, 5) is 23.6. The lowest BCUT2D eigenvalue weighted by Gasteiger charge is -2.33. The molecule has 1 aliphatic heterocycles. The zero-order valence-corrected chi connectivity index (χ0v) is 9.63. The van der Waals surface area contributed by atoms with Crippen molar-refractivity contribution in [1.82, 2.24) is 4.90 Å². The first kappa shape index (κ1) is 11.8. The number of Topliss-reactive ketones (excluding diaryl/α,β-unsaturated/α-hetero) is 1. The molecule has 0 atom stereocenters. The van der Waals surface area contributed by atoms with Gasteiger partial charge in [0.1, 0.15) is 0 Å². The smallest absolute Gasteiger partial charge is 0.408 e. The van der Waals surface area contributed by atoms with Crippen LogP contribution in [-0.2, 0) is 4.79 Å². The maximum Gasteiger partial charge on any atom is 0.408 e. The summed E-state index contributed by atoms with van der Waals surface area (Å²) in [5, 5.41) is 8.88. The predicted molar refractivity (Wildman–Crippen MR) is 56.8 cm³/mol. The lowest BCUT2D eigenvalue weighted by atomic mass is 9.80. The molecule has 0 aromatic carbocycles. The van der Waals surface area contributed by atoms with Crippen LogP contribution in [0.4, 0.5) is 4.79 Å². The molecule has 84 valence electrons. The number of amides is 1. The molecule has 0 radical (unpaired) electrons. The summed E-state index contributed by atoms with van der Waals surface area (Å²) in [7, 11) is 0. The van der Waals surface area contributed by atoms with Crippen LogP contribution in [0.15, 0.2) is 11.1 Å². The molecule has 1 rings (SSSR count). The Morgan fingerprint density at radius 2 is 1.87 bits per heavy atom. The maximum atomic E-state index is 11.6. The number of carboxylic acid groups (broad SMARTS) is 1. The highest BCUT2D eigenvalue weighted by Gasteiger charge is 2.31. The van der Waals surface area contributed by atoms with Crippen LogP contribution in [0.25, 0.3) is 0 Å². The van der Waals surface area contributed by atoms with Crippen LogP contribution in [0.1, 0.15) is 27.7 Å². The maximum absolute atomic E-state index is 11.6. The molecule has 0 saturated heterocycles. The molecule has 4 heteroatoms. The van der Waals surface area contributed by atoms with Crippen molar-refractivity contribution in [2.45, 2.75) is 27.7 Å². The number of carbonyl (C=O) groups is 2. The third kappa shape index (κ3) is 2.37. The van der Waals surface area contributed by atoms with Gasteiger partial charge in [-0.05, 0) is 23.5 Å². The van der Waals surface area contributed by atoms with Crippen LogP contribution in [0.2, 0.25) is 0 Å². The van der Waals surface area contributed by atoms with Gasteiger partial charge < -0.3 is 5.11 Å². The van der Waals surface area contributed by atoms with E-state index in [1.54, 1.807) is 6.92 Å². The highest BCUT2D eigenvalue weighted by Crippen LogP contribution is 2.31. The fourth-order valence-electron chi connectivity index (χ4n) is 1.76. The predicted octanol–water partition coefficient (Wildman–Crippen LogP) is 1.91. The van der Waals surface area contributed by atoms with Gasteiger partial charge in [0.05, 0.1) is 6.54 Å². The molecule has 1 heterocycles. The van der Waals surface area contributed by atoms with E-state index >= 15 is 0 Å². The summed E-state index contributed by atoms with van der Waals surface area (Å²) >= 11 is 0. The largest absolute Gasteiger partial charge is 0.465 e. The Kier molecular flexibility index (Phi) is 2.88. The molecule has 0 fully saturated rings. The summed E-state index contributed by atoms with van der Waals surface area (Å²) < 4.78 is 0. The normalized spacial score (nSPS) is 18.4. The van der Waals surface area contributed by atoms with Gasteiger partial charge in [-0.3, -0.25) is 9.69 Å². The van der Waals surface area contributed by atoms with E-state index in [1.165, 1.54) is 0 Å². The molecule has 0 aromatic heterocycles. The average Bonchev–Trinajstić information content (AvgIpc) is 2.06. The number of nitrogens with zero attached hydrogens (tertiary/aromatic N) is 1. The average molecular weight is 211 g/mol. The van der Waals surface area contributed by atoms with Crippen LogP contribution in [0.5, 0.6) is 0 Å². The van der Waals surface area contributed by atoms with Crippen molar-refractivity contribution >= 4 is 11.9 Å². The third-order valence-electron chi connectivity index (χ3n) is 2.73. The van der Waals surface area contributed by atoms with Crippen LogP contribution >= 0.6 is 0 Å². The highest BCUT2D eigenvalue weighted by molar-refractivity contribution is 5.99. The summed E-state index contributed by atoms with van der Waals surface area (Å²) in [5.74, 6) is -0.0893. The Hall–Kier alpha value is -1.32. The van der Waals surface area contributed by atoms with Crippen molar-refractivity contribution in [1.29, 1.82) is 0 Å². The lowest BCUT2D eigenvalue weighted by molar-refractivity contribution is -0.117. The molecule has 4 nitrogen and oxygen atoms in total. The molecule has 0 bridgehead atoms. The number of carbonyl (C=O) groups excluding carboxylic acids is 1. The van der Waals surface area contributed by atoms with Gasteiger partial charge in [-0.2, -0.15) is 0 Å². The summed E-state index contributed by atoms with van der Waals surface area (Å²) in [6.45, 7) is 8.08. The minimum Gasteiger partial charge on any atom is -0.465 e. The minimum absolute atomic E-state index is 0.0131. The van der Waals surface area contributed by atoms with Gasteiger partial charge in [0.25, 0.3) is 0 Å². The monoisotopic (exact) mass is 211 g/mol. The first-order valence-corrected chi connectivity index (χ1v) is 4.95. The van der Waals surface area contributed by atoms with Crippen molar-refractivity contribution in [2.75, 3.05) is 13.1 Å². The summed E-state index contributed by atoms with van der Waals surface area (Å²) in [5.41, 5.74) is 1.48. The first-order chi connectivity index (χ1) is 6.73. The zero-order chi connectivity index (χ0) is 11.8.